The minimum absolute atomic E-state index is 0. The molecule has 2 N–H and O–H groups in total. The Morgan fingerprint density at radius 2 is 1.88 bits per heavy atom. The summed E-state index contributed by atoms with van der Waals surface area (Å²) < 4.78 is 49.2. The molecule has 0 amide bonds. The molecule has 0 radical (unpaired) electrons. The van der Waals surface area contributed by atoms with E-state index in [0.29, 0.717) is 5.56 Å². The molecule has 1 nitrogen and oxygen atoms in total. The van der Waals surface area contributed by atoms with Gasteiger partial charge in [-0.1, -0.05) is 17.7 Å². The van der Waals surface area contributed by atoms with Gasteiger partial charge in [0, 0.05) is 11.6 Å². The molecule has 1 aromatic carbocycles. The Hall–Kier alpha value is -0.810. The summed E-state index contributed by atoms with van der Waals surface area (Å²) in [7, 11) is 0. The Balaban J connectivity index is 0.00000225. The van der Waals surface area contributed by atoms with Crippen LogP contribution in [0.15, 0.2) is 18.2 Å². The van der Waals surface area contributed by atoms with Gasteiger partial charge >= 0.3 is 6.18 Å². The number of hydrogen-bond donors (Lipinski definition) is 1. The number of halogens is 5. The van der Waals surface area contributed by atoms with E-state index in [2.05, 4.69) is 0 Å². The molecular formula is C10H12ClF4N. The zero-order valence-electron chi connectivity index (χ0n) is 8.51. The van der Waals surface area contributed by atoms with Gasteiger partial charge in [0.15, 0.2) is 0 Å². The van der Waals surface area contributed by atoms with Crippen LogP contribution in [0.25, 0.3) is 0 Å². The molecule has 0 aliphatic carbocycles. The number of aryl methyl sites for hydroxylation is 1. The topological polar surface area (TPSA) is 26.0 Å². The molecule has 0 aromatic heterocycles. The van der Waals surface area contributed by atoms with E-state index < -0.39 is 24.5 Å². The van der Waals surface area contributed by atoms with E-state index in [1.165, 1.54) is 12.1 Å². The van der Waals surface area contributed by atoms with Crippen LogP contribution < -0.4 is 5.73 Å². The van der Waals surface area contributed by atoms with Crippen molar-refractivity contribution in [1.29, 1.82) is 0 Å². The highest BCUT2D eigenvalue weighted by Crippen LogP contribution is 2.29. The lowest BCUT2D eigenvalue weighted by atomic mass is 10.0. The van der Waals surface area contributed by atoms with E-state index >= 15 is 0 Å². The maximum Gasteiger partial charge on any atom is 0.390 e. The summed E-state index contributed by atoms with van der Waals surface area (Å²) in [4.78, 5) is 0. The highest BCUT2D eigenvalue weighted by Gasteiger charge is 2.31. The molecule has 1 atom stereocenters. The second-order valence-corrected chi connectivity index (χ2v) is 3.45. The van der Waals surface area contributed by atoms with Crippen LogP contribution in [0.1, 0.15) is 23.6 Å². The molecular weight excluding hydrogens is 246 g/mol. The lowest BCUT2D eigenvalue weighted by Gasteiger charge is -2.15. The van der Waals surface area contributed by atoms with E-state index in [1.54, 1.807) is 6.92 Å². The van der Waals surface area contributed by atoms with Gasteiger partial charge in [-0.25, -0.2) is 4.39 Å². The second-order valence-electron chi connectivity index (χ2n) is 3.45. The van der Waals surface area contributed by atoms with Crippen molar-refractivity contribution in [3.05, 3.63) is 35.1 Å². The van der Waals surface area contributed by atoms with Gasteiger partial charge in [0.1, 0.15) is 5.82 Å². The molecule has 0 saturated heterocycles. The summed E-state index contributed by atoms with van der Waals surface area (Å²) in [6.07, 6.45) is -5.59. The first-order chi connectivity index (χ1) is 6.79. The van der Waals surface area contributed by atoms with Gasteiger partial charge in [0.2, 0.25) is 0 Å². The van der Waals surface area contributed by atoms with Crippen LogP contribution >= 0.6 is 12.4 Å². The molecule has 0 saturated carbocycles. The smallest absolute Gasteiger partial charge is 0.324 e. The third-order valence-electron chi connectivity index (χ3n) is 2.00. The fourth-order valence-corrected chi connectivity index (χ4v) is 1.31. The Labute approximate surface area is 97.0 Å². The van der Waals surface area contributed by atoms with E-state index in [0.717, 1.165) is 6.07 Å². The SMILES string of the molecule is Cc1ccc(F)c([C@H](N)CC(F)(F)F)c1.Cl. The standard InChI is InChI=1S/C10H11F4N.ClH/c1-6-2-3-8(11)7(4-6)9(15)5-10(12,13)14;/h2-4,9H,5,15H2,1H3;1H/t9-;/m1./s1. The first-order valence-electron chi connectivity index (χ1n) is 4.38. The van der Waals surface area contributed by atoms with Crippen LogP contribution in [0.3, 0.4) is 0 Å². The average Bonchev–Trinajstić information content (AvgIpc) is 2.06. The van der Waals surface area contributed by atoms with Gasteiger partial charge < -0.3 is 5.73 Å². The number of benzene rings is 1. The largest absolute Gasteiger partial charge is 0.390 e. The monoisotopic (exact) mass is 257 g/mol. The zero-order valence-corrected chi connectivity index (χ0v) is 9.33. The fourth-order valence-electron chi connectivity index (χ4n) is 1.31. The quantitative estimate of drug-likeness (QED) is 0.806. The lowest BCUT2D eigenvalue weighted by Crippen LogP contribution is -2.21. The summed E-state index contributed by atoms with van der Waals surface area (Å²) in [5.41, 5.74) is 5.88. The molecule has 1 aromatic rings. The molecule has 0 spiro atoms. The van der Waals surface area contributed by atoms with E-state index in [9.17, 15) is 17.6 Å². The van der Waals surface area contributed by atoms with E-state index in [-0.39, 0.29) is 18.0 Å². The molecule has 16 heavy (non-hydrogen) atoms. The van der Waals surface area contributed by atoms with Crippen molar-refractivity contribution >= 4 is 12.4 Å². The van der Waals surface area contributed by atoms with Gasteiger partial charge in [-0.2, -0.15) is 13.2 Å². The molecule has 1 rings (SSSR count). The molecule has 92 valence electrons. The van der Waals surface area contributed by atoms with Gasteiger partial charge in [0.25, 0.3) is 0 Å². The molecule has 0 aliphatic rings. The molecule has 0 bridgehead atoms. The lowest BCUT2D eigenvalue weighted by molar-refractivity contribution is -0.138. The Bertz CT molecular complexity index is 351. The van der Waals surface area contributed by atoms with Crippen molar-refractivity contribution in [1.82, 2.24) is 0 Å². The Morgan fingerprint density at radius 3 is 2.38 bits per heavy atom. The van der Waals surface area contributed by atoms with Gasteiger partial charge in [-0.3, -0.25) is 0 Å². The highest BCUT2D eigenvalue weighted by molar-refractivity contribution is 5.85. The average molecular weight is 258 g/mol. The van der Waals surface area contributed by atoms with Gasteiger partial charge in [0.05, 0.1) is 6.42 Å². The Kier molecular flexibility index (Phi) is 5.22. The van der Waals surface area contributed by atoms with E-state index in [4.69, 9.17) is 5.73 Å². The predicted molar refractivity (Wildman–Crippen MR) is 56.0 cm³/mol. The summed E-state index contributed by atoms with van der Waals surface area (Å²) in [5.74, 6) is -0.697. The van der Waals surface area contributed by atoms with Gasteiger partial charge in [-0.05, 0) is 13.0 Å². The zero-order chi connectivity index (χ0) is 11.6. The predicted octanol–water partition coefficient (Wildman–Crippen LogP) is 3.51. The third kappa shape index (κ3) is 4.37. The highest BCUT2D eigenvalue weighted by atomic mass is 35.5. The van der Waals surface area contributed by atoms with Crippen molar-refractivity contribution in [2.75, 3.05) is 0 Å². The van der Waals surface area contributed by atoms with Crippen molar-refractivity contribution in [2.45, 2.75) is 25.6 Å². The van der Waals surface area contributed by atoms with Crippen molar-refractivity contribution < 1.29 is 17.6 Å². The summed E-state index contributed by atoms with van der Waals surface area (Å²) >= 11 is 0. The minimum Gasteiger partial charge on any atom is -0.324 e. The maximum atomic E-state index is 13.1. The molecule has 0 aliphatic heterocycles. The first kappa shape index (κ1) is 15.2. The first-order valence-corrected chi connectivity index (χ1v) is 4.38. The minimum atomic E-state index is -4.38. The summed E-state index contributed by atoms with van der Waals surface area (Å²) in [6.45, 7) is 1.67. The van der Waals surface area contributed by atoms with Crippen molar-refractivity contribution in [3.63, 3.8) is 0 Å². The molecule has 0 fully saturated rings. The van der Waals surface area contributed by atoms with Crippen LogP contribution in [0.4, 0.5) is 17.6 Å². The number of hydrogen-bond acceptors (Lipinski definition) is 1. The van der Waals surface area contributed by atoms with Crippen molar-refractivity contribution in [3.8, 4) is 0 Å². The summed E-state index contributed by atoms with van der Waals surface area (Å²) in [6, 6.07) is 2.61. The normalized spacial score (nSPS) is 13.1. The fraction of sp³-hybridized carbons (Fsp3) is 0.400. The second kappa shape index (κ2) is 5.50. The van der Waals surface area contributed by atoms with Crippen LogP contribution in [-0.4, -0.2) is 6.18 Å². The number of rotatable bonds is 2. The molecule has 6 heteroatoms. The number of nitrogens with two attached hydrogens (primary N) is 1. The van der Waals surface area contributed by atoms with Crippen LogP contribution in [0.5, 0.6) is 0 Å². The maximum absolute atomic E-state index is 13.1. The number of alkyl halides is 3. The Morgan fingerprint density at radius 1 is 1.31 bits per heavy atom. The van der Waals surface area contributed by atoms with Crippen LogP contribution in [-0.2, 0) is 0 Å². The van der Waals surface area contributed by atoms with Crippen LogP contribution in [0, 0.1) is 12.7 Å². The van der Waals surface area contributed by atoms with E-state index in [1.807, 2.05) is 0 Å². The van der Waals surface area contributed by atoms with Crippen LogP contribution in [0.2, 0.25) is 0 Å². The van der Waals surface area contributed by atoms with Gasteiger partial charge in [-0.15, -0.1) is 12.4 Å². The molecule has 0 unspecified atom stereocenters. The summed E-state index contributed by atoms with van der Waals surface area (Å²) in [5, 5.41) is 0. The third-order valence-corrected chi connectivity index (χ3v) is 2.00. The van der Waals surface area contributed by atoms with Crippen molar-refractivity contribution in [2.24, 2.45) is 5.73 Å². The molecule has 0 heterocycles.